The van der Waals surface area contributed by atoms with Gasteiger partial charge in [0.1, 0.15) is 0 Å². The van der Waals surface area contributed by atoms with Gasteiger partial charge in [0.25, 0.3) is 0 Å². The third kappa shape index (κ3) is 4.57. The summed E-state index contributed by atoms with van der Waals surface area (Å²) in [6, 6.07) is 7.62. The molecule has 0 radical (unpaired) electrons. The van der Waals surface area contributed by atoms with Crippen LogP contribution in [0.2, 0.25) is 0 Å². The highest BCUT2D eigenvalue weighted by atomic mass is 32.2. The molecule has 0 N–H and O–H groups in total. The van der Waals surface area contributed by atoms with Crippen molar-refractivity contribution >= 4 is 21.6 Å². The molecule has 0 spiro atoms. The van der Waals surface area contributed by atoms with Crippen molar-refractivity contribution in [2.24, 2.45) is 0 Å². The lowest BCUT2D eigenvalue weighted by Gasteiger charge is -2.11. The molecule has 0 aliphatic heterocycles. The number of Topliss-reactive ketones (excluding diaryl/α,β-unsaturated/α-hetero) is 1. The van der Waals surface area contributed by atoms with E-state index < -0.39 is 33.1 Å². The van der Waals surface area contributed by atoms with Crippen LogP contribution in [0, 0.1) is 20.8 Å². The van der Waals surface area contributed by atoms with Gasteiger partial charge in [-0.25, -0.2) is 13.2 Å². The average molecular weight is 396 g/mol. The summed E-state index contributed by atoms with van der Waals surface area (Å²) in [6.07, 6.45) is 0. The Morgan fingerprint density at radius 3 is 2.00 bits per heavy atom. The molecule has 0 aliphatic rings. The molecule has 0 unspecified atom stereocenters. The highest BCUT2D eigenvalue weighted by Crippen LogP contribution is 2.20. The summed E-state index contributed by atoms with van der Waals surface area (Å²) >= 11 is 0. The lowest BCUT2D eigenvalue weighted by Crippen LogP contribution is -2.16. The number of benzene rings is 2. The Labute approximate surface area is 155 Å². The summed E-state index contributed by atoms with van der Waals surface area (Å²) < 4.78 is 52.7. The Morgan fingerprint density at radius 1 is 1.00 bits per heavy atom. The SMILES string of the molecule is Cc1cc(C)c(C(=O)COC(=O)c2ccc(S(=O)(=O)C(F)F)cc2)c(C)c1. The fourth-order valence-corrected chi connectivity index (χ4v) is 3.51. The summed E-state index contributed by atoms with van der Waals surface area (Å²) in [4.78, 5) is 23.8. The lowest BCUT2D eigenvalue weighted by molar-refractivity contribution is 0.0474. The van der Waals surface area contributed by atoms with Gasteiger partial charge in [-0.15, -0.1) is 0 Å². The van der Waals surface area contributed by atoms with Crippen LogP contribution in [0.3, 0.4) is 0 Å². The maximum atomic E-state index is 12.5. The molecule has 2 aromatic rings. The molecule has 0 amide bonds. The molecule has 5 nitrogen and oxygen atoms in total. The number of hydrogen-bond donors (Lipinski definition) is 0. The molecule has 144 valence electrons. The Hall–Kier alpha value is -2.61. The van der Waals surface area contributed by atoms with Crippen molar-refractivity contribution < 1.29 is 31.5 Å². The first-order chi connectivity index (χ1) is 12.5. The van der Waals surface area contributed by atoms with Crippen LogP contribution < -0.4 is 0 Å². The second kappa shape index (κ2) is 7.96. The highest BCUT2D eigenvalue weighted by molar-refractivity contribution is 7.91. The normalized spacial score (nSPS) is 11.5. The second-order valence-corrected chi connectivity index (χ2v) is 8.02. The first-order valence-corrected chi connectivity index (χ1v) is 9.49. The number of rotatable bonds is 6. The minimum atomic E-state index is -4.73. The van der Waals surface area contributed by atoms with Crippen LogP contribution in [0.25, 0.3) is 0 Å². The number of aryl methyl sites for hydroxylation is 3. The molecule has 0 heterocycles. The molecule has 8 heteroatoms. The number of esters is 1. The minimum absolute atomic E-state index is 0.0478. The second-order valence-electron chi connectivity index (χ2n) is 6.10. The molecule has 0 bridgehead atoms. The third-order valence-electron chi connectivity index (χ3n) is 3.94. The van der Waals surface area contributed by atoms with Gasteiger partial charge in [0.15, 0.2) is 6.61 Å². The maximum Gasteiger partial charge on any atom is 0.341 e. The van der Waals surface area contributed by atoms with E-state index in [1.807, 2.05) is 19.1 Å². The number of ether oxygens (including phenoxy) is 1. The number of sulfone groups is 1. The van der Waals surface area contributed by atoms with Crippen molar-refractivity contribution in [2.75, 3.05) is 6.61 Å². The van der Waals surface area contributed by atoms with Gasteiger partial charge < -0.3 is 4.74 Å². The molecule has 2 rings (SSSR count). The van der Waals surface area contributed by atoms with Crippen LogP contribution in [0.5, 0.6) is 0 Å². The number of hydrogen-bond acceptors (Lipinski definition) is 5. The molecule has 0 saturated heterocycles. The van der Waals surface area contributed by atoms with Crippen molar-refractivity contribution in [1.29, 1.82) is 0 Å². The van der Waals surface area contributed by atoms with Crippen molar-refractivity contribution in [3.05, 3.63) is 64.2 Å². The van der Waals surface area contributed by atoms with E-state index in [2.05, 4.69) is 0 Å². The Morgan fingerprint density at radius 2 is 1.52 bits per heavy atom. The molecule has 0 atom stereocenters. The number of carbonyl (C=O) groups is 2. The van der Waals surface area contributed by atoms with Crippen LogP contribution >= 0.6 is 0 Å². The van der Waals surface area contributed by atoms with Crippen LogP contribution in [-0.2, 0) is 14.6 Å². The quantitative estimate of drug-likeness (QED) is 0.550. The van der Waals surface area contributed by atoms with Gasteiger partial charge in [-0.2, -0.15) is 8.78 Å². The molecule has 0 fully saturated rings. The minimum Gasteiger partial charge on any atom is -0.454 e. The molecule has 27 heavy (non-hydrogen) atoms. The topological polar surface area (TPSA) is 77.5 Å². The van der Waals surface area contributed by atoms with E-state index in [-0.39, 0.29) is 11.3 Å². The zero-order valence-corrected chi connectivity index (χ0v) is 15.8. The maximum absolute atomic E-state index is 12.5. The number of alkyl halides is 2. The summed E-state index contributed by atoms with van der Waals surface area (Å²) in [7, 11) is -4.73. The number of ketones is 1. The van der Waals surface area contributed by atoms with Crippen LogP contribution in [0.15, 0.2) is 41.3 Å². The van der Waals surface area contributed by atoms with Gasteiger partial charge in [0.2, 0.25) is 15.6 Å². The van der Waals surface area contributed by atoms with E-state index in [9.17, 15) is 26.8 Å². The Balaban J connectivity index is 2.09. The first kappa shape index (κ1) is 20.7. The van der Waals surface area contributed by atoms with Crippen molar-refractivity contribution in [3.63, 3.8) is 0 Å². The van der Waals surface area contributed by atoms with E-state index in [1.165, 1.54) is 0 Å². The Kier molecular flexibility index (Phi) is 6.10. The van der Waals surface area contributed by atoms with Crippen LogP contribution in [-0.4, -0.2) is 32.5 Å². The average Bonchev–Trinajstić information content (AvgIpc) is 2.58. The summed E-state index contributed by atoms with van der Waals surface area (Å²) in [5.74, 6) is -4.77. The van der Waals surface area contributed by atoms with Gasteiger partial charge >= 0.3 is 11.7 Å². The van der Waals surface area contributed by atoms with Gasteiger partial charge in [-0.1, -0.05) is 17.7 Å². The largest absolute Gasteiger partial charge is 0.454 e. The smallest absolute Gasteiger partial charge is 0.341 e. The lowest BCUT2D eigenvalue weighted by atomic mass is 9.97. The fraction of sp³-hybridized carbons (Fsp3) is 0.263. The molecule has 0 aliphatic carbocycles. The van der Waals surface area contributed by atoms with Crippen LogP contribution in [0.1, 0.15) is 37.4 Å². The number of carbonyl (C=O) groups excluding carboxylic acids is 2. The fourth-order valence-electron chi connectivity index (χ4n) is 2.79. The van der Waals surface area contributed by atoms with Gasteiger partial charge in [0, 0.05) is 5.56 Å². The highest BCUT2D eigenvalue weighted by Gasteiger charge is 2.26. The van der Waals surface area contributed by atoms with Gasteiger partial charge in [0.05, 0.1) is 10.5 Å². The molecular weight excluding hydrogens is 378 g/mol. The molecular formula is C19H18F2O5S. The zero-order valence-electron chi connectivity index (χ0n) is 15.0. The predicted octanol–water partition coefficient (Wildman–Crippen LogP) is 3.65. The molecule has 0 saturated carbocycles. The molecule has 2 aromatic carbocycles. The van der Waals surface area contributed by atoms with E-state index >= 15 is 0 Å². The molecule has 0 aromatic heterocycles. The first-order valence-electron chi connectivity index (χ1n) is 7.94. The van der Waals surface area contributed by atoms with Crippen molar-refractivity contribution in [2.45, 2.75) is 31.4 Å². The van der Waals surface area contributed by atoms with Gasteiger partial charge in [-0.05, 0) is 56.2 Å². The van der Waals surface area contributed by atoms with E-state index in [0.29, 0.717) is 5.56 Å². The predicted molar refractivity (Wildman–Crippen MR) is 94.9 cm³/mol. The summed E-state index contributed by atoms with van der Waals surface area (Å²) in [5.41, 5.74) is 2.99. The zero-order chi connectivity index (χ0) is 20.4. The Bertz CT molecular complexity index is 957. The van der Waals surface area contributed by atoms with E-state index in [1.54, 1.807) is 13.8 Å². The number of halogens is 2. The van der Waals surface area contributed by atoms with E-state index in [0.717, 1.165) is 41.0 Å². The van der Waals surface area contributed by atoms with E-state index in [4.69, 9.17) is 4.74 Å². The summed E-state index contributed by atoms with van der Waals surface area (Å²) in [6.45, 7) is 5.00. The van der Waals surface area contributed by atoms with Crippen LogP contribution in [0.4, 0.5) is 8.78 Å². The standard InChI is InChI=1S/C19H18F2O5S/c1-11-8-12(2)17(13(3)9-11)16(22)10-26-18(23)14-4-6-15(7-5-14)27(24,25)19(20)21/h4-9,19H,10H2,1-3H3. The summed E-state index contributed by atoms with van der Waals surface area (Å²) in [5, 5.41) is 0. The van der Waals surface area contributed by atoms with Crippen molar-refractivity contribution in [3.8, 4) is 0 Å². The monoisotopic (exact) mass is 396 g/mol. The van der Waals surface area contributed by atoms with Gasteiger partial charge in [-0.3, -0.25) is 4.79 Å². The third-order valence-corrected chi connectivity index (χ3v) is 5.34. The van der Waals surface area contributed by atoms with Crippen molar-refractivity contribution in [1.82, 2.24) is 0 Å².